The summed E-state index contributed by atoms with van der Waals surface area (Å²) in [5, 5.41) is 3.17. The molecular formula is C10H10N2S. The summed E-state index contributed by atoms with van der Waals surface area (Å²) in [5.41, 5.74) is 3.03. The standard InChI is InChI=1S/C10H10N2S/c1-7-6-10(13)12-9-5-3-2-4-8(9)11-7/h2-5H,6H2,1H3,(H,12,13). The minimum Gasteiger partial charge on any atom is -0.348 e. The van der Waals surface area contributed by atoms with E-state index < -0.39 is 0 Å². The SMILES string of the molecule is CC1=Nc2ccccc2NC(=S)C1. The van der Waals surface area contributed by atoms with Gasteiger partial charge in [0.25, 0.3) is 0 Å². The van der Waals surface area contributed by atoms with Gasteiger partial charge >= 0.3 is 0 Å². The molecule has 2 rings (SSSR count). The first-order valence-electron chi connectivity index (χ1n) is 4.19. The van der Waals surface area contributed by atoms with Crippen LogP contribution in [0.1, 0.15) is 13.3 Å². The highest BCUT2D eigenvalue weighted by atomic mass is 32.1. The molecule has 0 bridgehead atoms. The first-order chi connectivity index (χ1) is 6.25. The van der Waals surface area contributed by atoms with E-state index in [2.05, 4.69) is 10.3 Å². The van der Waals surface area contributed by atoms with Crippen LogP contribution in [0.2, 0.25) is 0 Å². The second kappa shape index (κ2) is 3.26. The Morgan fingerprint density at radius 3 is 3.00 bits per heavy atom. The monoisotopic (exact) mass is 190 g/mol. The molecule has 1 aliphatic rings. The highest BCUT2D eigenvalue weighted by Crippen LogP contribution is 2.27. The second-order valence-electron chi connectivity index (χ2n) is 3.09. The maximum absolute atomic E-state index is 5.15. The lowest BCUT2D eigenvalue weighted by atomic mass is 10.3. The number of aliphatic imine (C=N–C) groups is 1. The Kier molecular flexibility index (Phi) is 2.10. The third kappa shape index (κ3) is 1.75. The van der Waals surface area contributed by atoms with Crippen LogP contribution >= 0.6 is 12.2 Å². The van der Waals surface area contributed by atoms with Crippen LogP contribution < -0.4 is 5.32 Å². The zero-order valence-corrected chi connectivity index (χ0v) is 8.19. The van der Waals surface area contributed by atoms with E-state index in [4.69, 9.17) is 12.2 Å². The van der Waals surface area contributed by atoms with Gasteiger partial charge in [-0.1, -0.05) is 24.4 Å². The van der Waals surface area contributed by atoms with E-state index in [9.17, 15) is 0 Å². The molecule has 1 N–H and O–H groups in total. The van der Waals surface area contributed by atoms with Gasteiger partial charge in [-0.05, 0) is 19.1 Å². The second-order valence-corrected chi connectivity index (χ2v) is 3.58. The molecule has 1 aromatic rings. The molecule has 2 nitrogen and oxygen atoms in total. The number of benzene rings is 1. The third-order valence-electron chi connectivity index (χ3n) is 1.91. The summed E-state index contributed by atoms with van der Waals surface area (Å²) < 4.78 is 0. The van der Waals surface area contributed by atoms with E-state index in [0.717, 1.165) is 28.5 Å². The van der Waals surface area contributed by atoms with Crippen LogP contribution in [0.25, 0.3) is 0 Å². The van der Waals surface area contributed by atoms with Crippen LogP contribution in [0, 0.1) is 0 Å². The number of hydrogen-bond donors (Lipinski definition) is 1. The Labute approximate surface area is 82.7 Å². The van der Waals surface area contributed by atoms with Crippen molar-refractivity contribution in [2.75, 3.05) is 5.32 Å². The van der Waals surface area contributed by atoms with Crippen LogP contribution in [0.15, 0.2) is 29.3 Å². The van der Waals surface area contributed by atoms with Crippen LogP contribution in [0.3, 0.4) is 0 Å². The Bertz CT molecular complexity index is 382. The summed E-state index contributed by atoms with van der Waals surface area (Å²) in [6.07, 6.45) is 0.754. The minimum atomic E-state index is 0.754. The lowest BCUT2D eigenvalue weighted by molar-refractivity contribution is 1.47. The highest BCUT2D eigenvalue weighted by molar-refractivity contribution is 7.80. The van der Waals surface area contributed by atoms with Crippen LogP contribution in [-0.2, 0) is 0 Å². The normalized spacial score (nSPS) is 15.5. The van der Waals surface area contributed by atoms with Crippen molar-refractivity contribution in [1.29, 1.82) is 0 Å². The molecule has 3 heteroatoms. The first-order valence-corrected chi connectivity index (χ1v) is 4.59. The molecule has 0 atom stereocenters. The van der Waals surface area contributed by atoms with Crippen molar-refractivity contribution < 1.29 is 0 Å². The smallest absolute Gasteiger partial charge is 0.0863 e. The Hall–Kier alpha value is -1.22. The molecule has 1 aliphatic heterocycles. The average Bonchev–Trinajstić information content (AvgIpc) is 2.20. The van der Waals surface area contributed by atoms with Gasteiger partial charge in [0.15, 0.2) is 0 Å². The Morgan fingerprint density at radius 2 is 2.15 bits per heavy atom. The number of nitrogens with one attached hydrogen (secondary N) is 1. The number of para-hydroxylation sites is 2. The minimum absolute atomic E-state index is 0.754. The average molecular weight is 190 g/mol. The van der Waals surface area contributed by atoms with E-state index in [1.165, 1.54) is 0 Å². The molecule has 0 amide bonds. The summed E-state index contributed by atoms with van der Waals surface area (Å²) in [6, 6.07) is 7.93. The first kappa shape index (κ1) is 8.38. The molecule has 0 saturated carbocycles. The largest absolute Gasteiger partial charge is 0.348 e. The predicted molar refractivity (Wildman–Crippen MR) is 60.0 cm³/mol. The number of rotatable bonds is 0. The summed E-state index contributed by atoms with van der Waals surface area (Å²) in [6.45, 7) is 2.00. The highest BCUT2D eigenvalue weighted by Gasteiger charge is 2.08. The van der Waals surface area contributed by atoms with Gasteiger partial charge in [0.05, 0.1) is 16.4 Å². The van der Waals surface area contributed by atoms with Gasteiger partial charge < -0.3 is 5.32 Å². The molecular weight excluding hydrogens is 180 g/mol. The van der Waals surface area contributed by atoms with Gasteiger partial charge in [0.1, 0.15) is 0 Å². The zero-order valence-electron chi connectivity index (χ0n) is 7.37. The molecule has 66 valence electrons. The number of hydrogen-bond acceptors (Lipinski definition) is 2. The van der Waals surface area contributed by atoms with Crippen molar-refractivity contribution in [3.63, 3.8) is 0 Å². The van der Waals surface area contributed by atoms with E-state index in [-0.39, 0.29) is 0 Å². The van der Waals surface area contributed by atoms with E-state index in [1.807, 2.05) is 31.2 Å². The van der Waals surface area contributed by atoms with Crippen molar-refractivity contribution in [3.8, 4) is 0 Å². The van der Waals surface area contributed by atoms with Crippen molar-refractivity contribution in [1.82, 2.24) is 0 Å². The van der Waals surface area contributed by atoms with Gasteiger partial charge in [-0.15, -0.1) is 0 Å². The Morgan fingerprint density at radius 1 is 1.38 bits per heavy atom. The summed E-state index contributed by atoms with van der Waals surface area (Å²) in [4.78, 5) is 5.30. The number of nitrogens with zero attached hydrogens (tertiary/aromatic N) is 1. The molecule has 0 fully saturated rings. The summed E-state index contributed by atoms with van der Waals surface area (Å²) in [7, 11) is 0. The number of thiocarbonyl (C=S) groups is 1. The fraction of sp³-hybridized carbons (Fsp3) is 0.200. The topological polar surface area (TPSA) is 24.4 Å². The maximum Gasteiger partial charge on any atom is 0.0863 e. The van der Waals surface area contributed by atoms with Gasteiger partial charge in [-0.25, -0.2) is 0 Å². The van der Waals surface area contributed by atoms with E-state index in [1.54, 1.807) is 0 Å². The molecule has 1 aromatic carbocycles. The number of fused-ring (bicyclic) bond motifs is 1. The number of anilines is 1. The van der Waals surface area contributed by atoms with Gasteiger partial charge in [0.2, 0.25) is 0 Å². The fourth-order valence-electron chi connectivity index (χ4n) is 1.35. The lowest BCUT2D eigenvalue weighted by Gasteiger charge is -2.04. The van der Waals surface area contributed by atoms with Crippen LogP contribution in [-0.4, -0.2) is 10.7 Å². The van der Waals surface area contributed by atoms with Crippen molar-refractivity contribution in [2.24, 2.45) is 4.99 Å². The van der Waals surface area contributed by atoms with Gasteiger partial charge in [-0.3, -0.25) is 4.99 Å². The predicted octanol–water partition coefficient (Wildman–Crippen LogP) is 2.92. The van der Waals surface area contributed by atoms with Crippen molar-refractivity contribution in [2.45, 2.75) is 13.3 Å². The summed E-state index contributed by atoms with van der Waals surface area (Å²) in [5.74, 6) is 0. The summed E-state index contributed by atoms with van der Waals surface area (Å²) >= 11 is 5.15. The lowest BCUT2D eigenvalue weighted by Crippen LogP contribution is -2.09. The quantitative estimate of drug-likeness (QED) is 0.636. The Balaban J connectivity index is 2.51. The third-order valence-corrected chi connectivity index (χ3v) is 2.15. The molecule has 13 heavy (non-hydrogen) atoms. The van der Waals surface area contributed by atoms with E-state index in [0.29, 0.717) is 0 Å². The van der Waals surface area contributed by atoms with Crippen LogP contribution in [0.5, 0.6) is 0 Å². The zero-order chi connectivity index (χ0) is 9.26. The van der Waals surface area contributed by atoms with Gasteiger partial charge in [-0.2, -0.15) is 0 Å². The van der Waals surface area contributed by atoms with Crippen molar-refractivity contribution >= 4 is 34.3 Å². The molecule has 1 heterocycles. The van der Waals surface area contributed by atoms with E-state index >= 15 is 0 Å². The molecule has 0 aromatic heterocycles. The molecule has 0 spiro atoms. The fourth-order valence-corrected chi connectivity index (χ4v) is 1.67. The van der Waals surface area contributed by atoms with Gasteiger partial charge in [0, 0.05) is 12.1 Å². The van der Waals surface area contributed by atoms with Crippen LogP contribution in [0.4, 0.5) is 11.4 Å². The molecule has 0 unspecified atom stereocenters. The van der Waals surface area contributed by atoms with Crippen molar-refractivity contribution in [3.05, 3.63) is 24.3 Å². The molecule has 0 saturated heterocycles. The molecule has 0 aliphatic carbocycles. The maximum atomic E-state index is 5.15. The molecule has 0 radical (unpaired) electrons.